The van der Waals surface area contributed by atoms with Crippen molar-refractivity contribution >= 4 is 10.0 Å². The first-order valence-electron chi connectivity index (χ1n) is 5.96. The highest BCUT2D eigenvalue weighted by Crippen LogP contribution is 2.34. The topological polar surface area (TPSA) is 69.0 Å². The number of benzene rings is 1. The Balaban J connectivity index is 1.87. The van der Waals surface area contributed by atoms with E-state index in [-0.39, 0.29) is 18.2 Å². The maximum absolute atomic E-state index is 12.4. The molecular weight excluding hydrogens is 282 g/mol. The van der Waals surface area contributed by atoms with E-state index in [1.165, 1.54) is 29.7 Å². The molecule has 0 radical (unpaired) electrons. The first-order chi connectivity index (χ1) is 9.57. The minimum Gasteiger partial charge on any atom is -0.468 e. The van der Waals surface area contributed by atoms with Crippen LogP contribution in [0.3, 0.4) is 0 Å². The van der Waals surface area contributed by atoms with Gasteiger partial charge in [0.1, 0.15) is 5.76 Å². The van der Waals surface area contributed by atoms with E-state index in [2.05, 4.69) is 0 Å². The first kappa shape index (κ1) is 13.0. The molecule has 0 fully saturated rings. The summed E-state index contributed by atoms with van der Waals surface area (Å²) in [7, 11) is -2.10. The Kier molecular flexibility index (Phi) is 3.15. The summed E-state index contributed by atoms with van der Waals surface area (Å²) >= 11 is 0. The van der Waals surface area contributed by atoms with Crippen LogP contribution in [0.4, 0.5) is 0 Å². The molecular formula is C13H13NO5S. The van der Waals surface area contributed by atoms with Crippen molar-refractivity contribution < 1.29 is 22.3 Å². The van der Waals surface area contributed by atoms with Crippen molar-refractivity contribution in [2.75, 3.05) is 13.8 Å². The van der Waals surface area contributed by atoms with Crippen LogP contribution in [0.2, 0.25) is 0 Å². The summed E-state index contributed by atoms with van der Waals surface area (Å²) in [6.07, 6.45) is 1.51. The van der Waals surface area contributed by atoms with Crippen LogP contribution >= 0.6 is 0 Å². The van der Waals surface area contributed by atoms with Crippen LogP contribution in [-0.4, -0.2) is 26.6 Å². The molecule has 0 unspecified atom stereocenters. The molecule has 106 valence electrons. The summed E-state index contributed by atoms with van der Waals surface area (Å²) in [5.41, 5.74) is 0. The van der Waals surface area contributed by atoms with Crippen molar-refractivity contribution in [1.82, 2.24) is 4.31 Å². The number of fused-ring (bicyclic) bond motifs is 1. The third kappa shape index (κ3) is 2.25. The van der Waals surface area contributed by atoms with Gasteiger partial charge in [0, 0.05) is 13.1 Å². The molecule has 0 spiro atoms. The molecule has 0 amide bonds. The molecule has 0 bridgehead atoms. The molecule has 20 heavy (non-hydrogen) atoms. The van der Waals surface area contributed by atoms with Gasteiger partial charge in [0.15, 0.2) is 11.5 Å². The smallest absolute Gasteiger partial charge is 0.243 e. The second-order valence-corrected chi connectivity index (χ2v) is 6.40. The van der Waals surface area contributed by atoms with E-state index < -0.39 is 10.0 Å². The molecule has 1 aromatic carbocycles. The number of sulfonamides is 1. The normalized spacial score (nSPS) is 13.9. The lowest BCUT2D eigenvalue weighted by atomic mass is 10.3. The van der Waals surface area contributed by atoms with Crippen LogP contribution < -0.4 is 9.47 Å². The van der Waals surface area contributed by atoms with E-state index in [0.717, 1.165) is 0 Å². The monoisotopic (exact) mass is 295 g/mol. The molecule has 0 aliphatic carbocycles. The largest absolute Gasteiger partial charge is 0.468 e. The fraction of sp³-hybridized carbons (Fsp3) is 0.231. The van der Waals surface area contributed by atoms with Crippen LogP contribution in [-0.2, 0) is 16.6 Å². The van der Waals surface area contributed by atoms with Crippen LogP contribution in [0.5, 0.6) is 11.5 Å². The van der Waals surface area contributed by atoms with Crippen molar-refractivity contribution in [3.63, 3.8) is 0 Å². The molecule has 0 saturated heterocycles. The second kappa shape index (κ2) is 4.84. The minimum absolute atomic E-state index is 0.112. The standard InChI is InChI=1S/C13H13NO5S/c1-14(8-10-3-2-6-17-10)20(15,16)11-4-5-12-13(7-11)19-9-18-12/h2-7H,8-9H2,1H3. The Morgan fingerprint density at radius 2 is 2.00 bits per heavy atom. The molecule has 0 N–H and O–H groups in total. The van der Waals surface area contributed by atoms with Crippen molar-refractivity contribution in [3.8, 4) is 11.5 Å². The Morgan fingerprint density at radius 3 is 2.75 bits per heavy atom. The lowest BCUT2D eigenvalue weighted by Gasteiger charge is -2.16. The number of hydrogen-bond acceptors (Lipinski definition) is 5. The van der Waals surface area contributed by atoms with Gasteiger partial charge in [-0.3, -0.25) is 0 Å². The highest BCUT2D eigenvalue weighted by molar-refractivity contribution is 7.89. The summed E-state index contributed by atoms with van der Waals surface area (Å²) in [5, 5.41) is 0. The van der Waals surface area contributed by atoms with Crippen LogP contribution in [0.15, 0.2) is 45.9 Å². The zero-order valence-corrected chi connectivity index (χ0v) is 11.6. The molecule has 2 aromatic rings. The molecule has 7 heteroatoms. The van der Waals surface area contributed by atoms with Gasteiger partial charge in [0.2, 0.25) is 16.8 Å². The van der Waals surface area contributed by atoms with E-state index in [9.17, 15) is 8.42 Å². The van der Waals surface area contributed by atoms with Crippen molar-refractivity contribution in [2.45, 2.75) is 11.4 Å². The number of rotatable bonds is 4. The van der Waals surface area contributed by atoms with Crippen LogP contribution in [0.25, 0.3) is 0 Å². The molecule has 1 aromatic heterocycles. The molecule has 1 aliphatic heterocycles. The van der Waals surface area contributed by atoms with Gasteiger partial charge >= 0.3 is 0 Å². The lowest BCUT2D eigenvalue weighted by molar-refractivity contribution is 0.174. The second-order valence-electron chi connectivity index (χ2n) is 4.36. The number of nitrogens with zero attached hydrogens (tertiary/aromatic N) is 1. The van der Waals surface area contributed by atoms with Crippen LogP contribution in [0.1, 0.15) is 5.76 Å². The fourth-order valence-corrected chi connectivity index (χ4v) is 3.08. The maximum Gasteiger partial charge on any atom is 0.243 e. The Hall–Kier alpha value is -1.99. The molecule has 2 heterocycles. The molecule has 1 aliphatic rings. The predicted octanol–water partition coefficient (Wildman–Crippen LogP) is 1.83. The third-order valence-electron chi connectivity index (χ3n) is 3.01. The average Bonchev–Trinajstić information content (AvgIpc) is 3.07. The van der Waals surface area contributed by atoms with Gasteiger partial charge in [-0.25, -0.2) is 8.42 Å². The summed E-state index contributed by atoms with van der Waals surface area (Å²) in [5.74, 6) is 1.58. The average molecular weight is 295 g/mol. The Morgan fingerprint density at radius 1 is 1.20 bits per heavy atom. The molecule has 6 nitrogen and oxygen atoms in total. The quantitative estimate of drug-likeness (QED) is 0.860. The fourth-order valence-electron chi connectivity index (χ4n) is 1.92. The van der Waals surface area contributed by atoms with Gasteiger partial charge in [0.25, 0.3) is 0 Å². The van der Waals surface area contributed by atoms with Gasteiger partial charge in [-0.1, -0.05) is 0 Å². The van der Waals surface area contributed by atoms with Crippen molar-refractivity contribution in [3.05, 3.63) is 42.4 Å². The Bertz CT molecular complexity index is 708. The van der Waals surface area contributed by atoms with Crippen LogP contribution in [0, 0.1) is 0 Å². The first-order valence-corrected chi connectivity index (χ1v) is 7.40. The third-order valence-corrected chi connectivity index (χ3v) is 4.81. The van der Waals surface area contributed by atoms with Gasteiger partial charge in [-0.15, -0.1) is 0 Å². The van der Waals surface area contributed by atoms with Gasteiger partial charge in [0.05, 0.1) is 17.7 Å². The summed E-state index contributed by atoms with van der Waals surface area (Å²) in [6.45, 7) is 0.283. The summed E-state index contributed by atoms with van der Waals surface area (Å²) < 4.78 is 41.6. The zero-order chi connectivity index (χ0) is 14.2. The SMILES string of the molecule is CN(Cc1ccco1)S(=O)(=O)c1ccc2c(c1)OCO2. The molecule has 0 atom stereocenters. The maximum atomic E-state index is 12.4. The van der Waals surface area contributed by atoms with Gasteiger partial charge in [-0.05, 0) is 24.3 Å². The summed E-state index contributed by atoms with van der Waals surface area (Å²) in [6, 6.07) is 8.01. The number of furan rings is 1. The van der Waals surface area contributed by atoms with Gasteiger partial charge < -0.3 is 13.9 Å². The Labute approximate surface area is 116 Å². The minimum atomic E-state index is -3.60. The van der Waals surface area contributed by atoms with Gasteiger partial charge in [-0.2, -0.15) is 4.31 Å². The van der Waals surface area contributed by atoms with E-state index >= 15 is 0 Å². The van der Waals surface area contributed by atoms with Crippen molar-refractivity contribution in [1.29, 1.82) is 0 Å². The number of ether oxygens (including phenoxy) is 2. The summed E-state index contributed by atoms with van der Waals surface area (Å²) in [4.78, 5) is 0.163. The van der Waals surface area contributed by atoms with E-state index in [4.69, 9.17) is 13.9 Å². The van der Waals surface area contributed by atoms with E-state index in [1.54, 1.807) is 18.2 Å². The predicted molar refractivity (Wildman–Crippen MR) is 69.9 cm³/mol. The molecule has 0 saturated carbocycles. The number of hydrogen-bond donors (Lipinski definition) is 0. The lowest BCUT2D eigenvalue weighted by Crippen LogP contribution is -2.26. The van der Waals surface area contributed by atoms with Crippen molar-refractivity contribution in [2.24, 2.45) is 0 Å². The zero-order valence-electron chi connectivity index (χ0n) is 10.8. The highest BCUT2D eigenvalue weighted by Gasteiger charge is 2.24. The van der Waals surface area contributed by atoms with E-state index in [1.807, 2.05) is 0 Å². The molecule has 3 rings (SSSR count). The highest BCUT2D eigenvalue weighted by atomic mass is 32.2. The van der Waals surface area contributed by atoms with E-state index in [0.29, 0.717) is 17.3 Å².